The van der Waals surface area contributed by atoms with Crippen LogP contribution in [0.4, 0.5) is 5.69 Å². The molecule has 0 spiro atoms. The topological polar surface area (TPSA) is 47.3 Å². The Balaban J connectivity index is 2.21. The molecule has 0 aliphatic heterocycles. The Hall–Kier alpha value is -2.00. The molecule has 1 atom stereocenters. The molecule has 0 amide bonds. The Morgan fingerprint density at radius 2 is 1.80 bits per heavy atom. The lowest BCUT2D eigenvalue weighted by molar-refractivity contribution is 0.414. The van der Waals surface area contributed by atoms with Gasteiger partial charge in [-0.1, -0.05) is 24.3 Å². The van der Waals surface area contributed by atoms with Crippen molar-refractivity contribution in [2.75, 3.05) is 19.0 Å². The zero-order valence-electron chi connectivity index (χ0n) is 12.3. The van der Waals surface area contributed by atoms with Gasteiger partial charge >= 0.3 is 0 Å². The minimum Gasteiger partial charge on any atom is -0.497 e. The third kappa shape index (κ3) is 3.11. The third-order valence-corrected chi connectivity index (χ3v) is 3.69. The van der Waals surface area contributed by atoms with E-state index in [2.05, 4.69) is 49.5 Å². The van der Waals surface area contributed by atoms with E-state index >= 15 is 0 Å². The predicted octanol–water partition coefficient (Wildman–Crippen LogP) is 3.42. The van der Waals surface area contributed by atoms with E-state index in [0.717, 1.165) is 17.0 Å². The van der Waals surface area contributed by atoms with E-state index in [0.29, 0.717) is 6.54 Å². The Morgan fingerprint density at radius 1 is 1.10 bits per heavy atom. The first kappa shape index (κ1) is 14.4. The van der Waals surface area contributed by atoms with Gasteiger partial charge in [0.25, 0.3) is 0 Å². The zero-order chi connectivity index (χ0) is 14.5. The second kappa shape index (κ2) is 6.44. The van der Waals surface area contributed by atoms with Crippen LogP contribution in [0.1, 0.15) is 22.7 Å². The highest BCUT2D eigenvalue weighted by Crippen LogP contribution is 2.24. The summed E-state index contributed by atoms with van der Waals surface area (Å²) < 4.78 is 5.18. The first-order valence-electron chi connectivity index (χ1n) is 6.82. The smallest absolute Gasteiger partial charge is 0.118 e. The molecule has 0 aliphatic carbocycles. The highest BCUT2D eigenvalue weighted by atomic mass is 16.5. The summed E-state index contributed by atoms with van der Waals surface area (Å²) in [6.07, 6.45) is 0. The first-order chi connectivity index (χ1) is 9.65. The van der Waals surface area contributed by atoms with E-state index in [1.54, 1.807) is 7.11 Å². The fraction of sp³-hybridized carbons (Fsp3) is 0.294. The molecule has 106 valence electrons. The van der Waals surface area contributed by atoms with E-state index < -0.39 is 0 Å². The molecule has 0 radical (unpaired) electrons. The molecule has 2 rings (SSSR count). The van der Waals surface area contributed by atoms with Crippen LogP contribution < -0.4 is 15.8 Å². The van der Waals surface area contributed by atoms with Crippen molar-refractivity contribution in [3.63, 3.8) is 0 Å². The summed E-state index contributed by atoms with van der Waals surface area (Å²) in [6.45, 7) is 4.78. The Bertz CT molecular complexity index is 564. The van der Waals surface area contributed by atoms with Crippen molar-refractivity contribution in [1.29, 1.82) is 0 Å². The van der Waals surface area contributed by atoms with Gasteiger partial charge in [0.05, 0.1) is 13.2 Å². The lowest BCUT2D eigenvalue weighted by atomic mass is 10.0. The summed E-state index contributed by atoms with van der Waals surface area (Å²) in [4.78, 5) is 0. The monoisotopic (exact) mass is 270 g/mol. The Morgan fingerprint density at radius 3 is 2.40 bits per heavy atom. The summed E-state index contributed by atoms with van der Waals surface area (Å²) in [5, 5.41) is 3.53. The standard InChI is InChI=1S/C17H22N2O/c1-12-5-4-6-16(13(12)2)19-17(11-18)14-7-9-15(20-3)10-8-14/h4-10,17,19H,11,18H2,1-3H3. The molecule has 0 saturated carbocycles. The second-order valence-electron chi connectivity index (χ2n) is 4.95. The minimum absolute atomic E-state index is 0.0985. The molecule has 3 N–H and O–H groups in total. The van der Waals surface area contributed by atoms with Gasteiger partial charge in [0.15, 0.2) is 0 Å². The maximum Gasteiger partial charge on any atom is 0.118 e. The molecular weight excluding hydrogens is 248 g/mol. The molecule has 0 aromatic heterocycles. The van der Waals surface area contributed by atoms with E-state index in [9.17, 15) is 0 Å². The van der Waals surface area contributed by atoms with Crippen molar-refractivity contribution >= 4 is 5.69 Å². The number of hydrogen-bond acceptors (Lipinski definition) is 3. The summed E-state index contributed by atoms with van der Waals surface area (Å²) in [7, 11) is 1.67. The van der Waals surface area contributed by atoms with Gasteiger partial charge in [0.2, 0.25) is 0 Å². The first-order valence-corrected chi connectivity index (χ1v) is 6.82. The number of rotatable bonds is 5. The number of anilines is 1. The van der Waals surface area contributed by atoms with Crippen LogP contribution in [0.15, 0.2) is 42.5 Å². The summed E-state index contributed by atoms with van der Waals surface area (Å²) in [5.74, 6) is 0.858. The molecule has 0 heterocycles. The maximum atomic E-state index is 5.92. The van der Waals surface area contributed by atoms with E-state index in [-0.39, 0.29) is 6.04 Å². The van der Waals surface area contributed by atoms with E-state index in [1.807, 2.05) is 12.1 Å². The molecule has 0 bridgehead atoms. The van der Waals surface area contributed by atoms with Crippen molar-refractivity contribution in [2.24, 2.45) is 5.73 Å². The number of benzene rings is 2. The van der Waals surface area contributed by atoms with Crippen LogP contribution in [0.3, 0.4) is 0 Å². The fourth-order valence-corrected chi connectivity index (χ4v) is 2.21. The second-order valence-corrected chi connectivity index (χ2v) is 4.95. The molecule has 3 heteroatoms. The van der Waals surface area contributed by atoms with Crippen molar-refractivity contribution in [1.82, 2.24) is 0 Å². The molecular formula is C17H22N2O. The van der Waals surface area contributed by atoms with Crippen LogP contribution in [-0.4, -0.2) is 13.7 Å². The zero-order valence-corrected chi connectivity index (χ0v) is 12.3. The molecule has 0 fully saturated rings. The van der Waals surface area contributed by atoms with Gasteiger partial charge in [0.1, 0.15) is 5.75 Å². The Kier molecular flexibility index (Phi) is 4.64. The number of methoxy groups -OCH3 is 1. The highest BCUT2D eigenvalue weighted by molar-refractivity contribution is 5.55. The summed E-state index contributed by atoms with van der Waals surface area (Å²) >= 11 is 0. The molecule has 3 nitrogen and oxygen atoms in total. The van der Waals surface area contributed by atoms with Gasteiger partial charge in [-0.2, -0.15) is 0 Å². The highest BCUT2D eigenvalue weighted by Gasteiger charge is 2.11. The quantitative estimate of drug-likeness (QED) is 0.875. The van der Waals surface area contributed by atoms with Gasteiger partial charge in [-0.25, -0.2) is 0 Å². The molecule has 0 saturated heterocycles. The molecule has 2 aromatic carbocycles. The molecule has 1 unspecified atom stereocenters. The van der Waals surface area contributed by atoms with Crippen LogP contribution in [0.2, 0.25) is 0 Å². The third-order valence-electron chi connectivity index (χ3n) is 3.69. The Labute approximate surface area is 120 Å². The SMILES string of the molecule is COc1ccc(C(CN)Nc2cccc(C)c2C)cc1. The van der Waals surface area contributed by atoms with Crippen molar-refractivity contribution in [2.45, 2.75) is 19.9 Å². The van der Waals surface area contributed by atoms with Crippen molar-refractivity contribution in [3.8, 4) is 5.75 Å². The normalized spacial score (nSPS) is 12.0. The average Bonchev–Trinajstić information content (AvgIpc) is 2.49. The van der Waals surface area contributed by atoms with Gasteiger partial charge in [-0.15, -0.1) is 0 Å². The summed E-state index contributed by atoms with van der Waals surface area (Å²) in [6, 6.07) is 14.4. The molecule has 20 heavy (non-hydrogen) atoms. The lowest BCUT2D eigenvalue weighted by Gasteiger charge is -2.21. The number of nitrogens with two attached hydrogens (primary N) is 1. The van der Waals surface area contributed by atoms with Gasteiger partial charge < -0.3 is 15.8 Å². The minimum atomic E-state index is 0.0985. The van der Waals surface area contributed by atoms with E-state index in [1.165, 1.54) is 11.1 Å². The maximum absolute atomic E-state index is 5.92. The van der Waals surface area contributed by atoms with Crippen molar-refractivity contribution < 1.29 is 4.74 Å². The van der Waals surface area contributed by atoms with E-state index in [4.69, 9.17) is 10.5 Å². The molecule has 2 aromatic rings. The van der Waals surface area contributed by atoms with Gasteiger partial charge in [0, 0.05) is 12.2 Å². The lowest BCUT2D eigenvalue weighted by Crippen LogP contribution is -2.21. The number of hydrogen-bond donors (Lipinski definition) is 2. The predicted molar refractivity (Wildman–Crippen MR) is 84.3 cm³/mol. The van der Waals surface area contributed by atoms with Crippen LogP contribution in [0.25, 0.3) is 0 Å². The summed E-state index contributed by atoms with van der Waals surface area (Å²) in [5.41, 5.74) is 10.8. The van der Waals surface area contributed by atoms with Crippen molar-refractivity contribution in [3.05, 3.63) is 59.2 Å². The number of ether oxygens (including phenoxy) is 1. The number of nitrogens with one attached hydrogen (secondary N) is 1. The molecule has 0 aliphatic rings. The van der Waals surface area contributed by atoms with Gasteiger partial charge in [-0.3, -0.25) is 0 Å². The average molecular weight is 270 g/mol. The van der Waals surface area contributed by atoms with Crippen LogP contribution in [-0.2, 0) is 0 Å². The van der Waals surface area contributed by atoms with Crippen LogP contribution >= 0.6 is 0 Å². The number of aryl methyl sites for hydroxylation is 1. The van der Waals surface area contributed by atoms with Crippen LogP contribution in [0.5, 0.6) is 5.75 Å². The van der Waals surface area contributed by atoms with Crippen LogP contribution in [0, 0.1) is 13.8 Å². The van der Waals surface area contributed by atoms with Gasteiger partial charge in [-0.05, 0) is 48.7 Å². The fourth-order valence-electron chi connectivity index (χ4n) is 2.21. The largest absolute Gasteiger partial charge is 0.497 e.